The first-order valence-corrected chi connectivity index (χ1v) is 8.47. The molecular formula is C19H28O3. The molecular weight excluding hydrogens is 276 g/mol. The molecule has 3 nitrogen and oxygen atoms in total. The number of methoxy groups -OCH3 is 1. The minimum absolute atomic E-state index is 0.284. The van der Waals surface area contributed by atoms with Crippen molar-refractivity contribution in [3.8, 4) is 0 Å². The first-order chi connectivity index (χ1) is 10.7. The summed E-state index contributed by atoms with van der Waals surface area (Å²) in [5.41, 5.74) is 1.36. The van der Waals surface area contributed by atoms with E-state index in [1.165, 1.54) is 18.4 Å². The summed E-state index contributed by atoms with van der Waals surface area (Å²) in [5, 5.41) is 9.00. The number of hydrogen-bond acceptors (Lipinski definition) is 2. The molecule has 1 aliphatic carbocycles. The van der Waals surface area contributed by atoms with Crippen molar-refractivity contribution in [2.45, 2.75) is 57.5 Å². The number of aryl methyl sites for hydroxylation is 1. The van der Waals surface area contributed by atoms with E-state index in [0.29, 0.717) is 18.3 Å². The van der Waals surface area contributed by atoms with Crippen molar-refractivity contribution in [2.24, 2.45) is 11.8 Å². The van der Waals surface area contributed by atoms with Crippen molar-refractivity contribution in [1.29, 1.82) is 0 Å². The van der Waals surface area contributed by atoms with E-state index in [1.807, 2.05) is 6.07 Å². The van der Waals surface area contributed by atoms with Crippen LogP contribution in [0.3, 0.4) is 0 Å². The Morgan fingerprint density at radius 3 is 2.64 bits per heavy atom. The highest BCUT2D eigenvalue weighted by Gasteiger charge is 2.29. The first kappa shape index (κ1) is 17.0. The quantitative estimate of drug-likeness (QED) is 0.739. The summed E-state index contributed by atoms with van der Waals surface area (Å²) in [7, 11) is 1.79. The lowest BCUT2D eigenvalue weighted by Gasteiger charge is -2.21. The maximum atomic E-state index is 10.9. The van der Waals surface area contributed by atoms with Crippen LogP contribution in [0.2, 0.25) is 0 Å². The van der Waals surface area contributed by atoms with E-state index in [1.54, 1.807) is 7.11 Å². The van der Waals surface area contributed by atoms with Crippen LogP contribution >= 0.6 is 0 Å². The molecule has 0 spiro atoms. The van der Waals surface area contributed by atoms with E-state index in [9.17, 15) is 4.79 Å². The molecule has 0 bridgehead atoms. The average molecular weight is 304 g/mol. The third kappa shape index (κ3) is 5.45. The zero-order valence-corrected chi connectivity index (χ0v) is 13.5. The van der Waals surface area contributed by atoms with Gasteiger partial charge in [-0.2, -0.15) is 0 Å². The van der Waals surface area contributed by atoms with Crippen LogP contribution in [0.5, 0.6) is 0 Å². The van der Waals surface area contributed by atoms with E-state index < -0.39 is 5.97 Å². The highest BCUT2D eigenvalue weighted by Crippen LogP contribution is 2.37. The summed E-state index contributed by atoms with van der Waals surface area (Å²) >= 11 is 0. The maximum Gasteiger partial charge on any atom is 0.303 e. The third-order valence-corrected chi connectivity index (χ3v) is 5.04. The van der Waals surface area contributed by atoms with Crippen LogP contribution in [0.4, 0.5) is 0 Å². The monoisotopic (exact) mass is 304 g/mol. The second-order valence-corrected chi connectivity index (χ2v) is 6.51. The van der Waals surface area contributed by atoms with Gasteiger partial charge in [0, 0.05) is 13.5 Å². The van der Waals surface area contributed by atoms with Crippen LogP contribution in [-0.4, -0.2) is 24.3 Å². The normalized spacial score (nSPS) is 22.6. The van der Waals surface area contributed by atoms with E-state index in [0.717, 1.165) is 32.1 Å². The summed E-state index contributed by atoms with van der Waals surface area (Å²) in [6, 6.07) is 10.5. The van der Waals surface area contributed by atoms with Gasteiger partial charge < -0.3 is 9.84 Å². The van der Waals surface area contributed by atoms with E-state index in [2.05, 4.69) is 24.3 Å². The molecule has 0 aromatic heterocycles. The van der Waals surface area contributed by atoms with Gasteiger partial charge >= 0.3 is 5.97 Å². The standard InChI is InChI=1S/C19H28O3/c1-22-18(12-10-15-6-3-2-4-7-15)13-11-16-8-5-9-17(16)14-19(20)21/h2-4,6-7,16-18H,5,8-14H2,1H3,(H,20,21)/t16-,17-,18?/m1/s1. The molecule has 1 saturated carbocycles. The van der Waals surface area contributed by atoms with E-state index >= 15 is 0 Å². The molecule has 2 rings (SSSR count). The number of ether oxygens (including phenoxy) is 1. The van der Waals surface area contributed by atoms with Crippen LogP contribution in [0.25, 0.3) is 0 Å². The Morgan fingerprint density at radius 2 is 1.95 bits per heavy atom. The smallest absolute Gasteiger partial charge is 0.303 e. The lowest BCUT2D eigenvalue weighted by atomic mass is 9.87. The van der Waals surface area contributed by atoms with Gasteiger partial charge in [0.1, 0.15) is 0 Å². The Balaban J connectivity index is 1.74. The lowest BCUT2D eigenvalue weighted by molar-refractivity contribution is -0.138. The maximum absolute atomic E-state index is 10.9. The molecule has 3 heteroatoms. The molecule has 0 radical (unpaired) electrons. The summed E-state index contributed by atoms with van der Waals surface area (Å²) < 4.78 is 5.63. The predicted molar refractivity (Wildman–Crippen MR) is 87.9 cm³/mol. The molecule has 1 aromatic carbocycles. The van der Waals surface area contributed by atoms with Crippen molar-refractivity contribution in [2.75, 3.05) is 7.11 Å². The van der Waals surface area contributed by atoms with Gasteiger partial charge in [0.05, 0.1) is 6.10 Å². The minimum atomic E-state index is -0.649. The zero-order valence-electron chi connectivity index (χ0n) is 13.5. The van der Waals surface area contributed by atoms with Gasteiger partial charge in [-0.15, -0.1) is 0 Å². The number of hydrogen-bond donors (Lipinski definition) is 1. The van der Waals surface area contributed by atoms with Gasteiger partial charge in [0.25, 0.3) is 0 Å². The minimum Gasteiger partial charge on any atom is -0.481 e. The number of benzene rings is 1. The van der Waals surface area contributed by atoms with Gasteiger partial charge in [-0.25, -0.2) is 0 Å². The van der Waals surface area contributed by atoms with Crippen LogP contribution in [-0.2, 0) is 16.0 Å². The summed E-state index contributed by atoms with van der Waals surface area (Å²) in [6.45, 7) is 0. The molecule has 22 heavy (non-hydrogen) atoms. The Hall–Kier alpha value is -1.35. The molecule has 0 amide bonds. The average Bonchev–Trinajstić information content (AvgIpc) is 2.95. The molecule has 0 aliphatic heterocycles. The van der Waals surface area contributed by atoms with Crippen LogP contribution in [0.1, 0.15) is 50.5 Å². The molecule has 1 aromatic rings. The molecule has 122 valence electrons. The van der Waals surface area contributed by atoms with Crippen molar-refractivity contribution in [3.05, 3.63) is 35.9 Å². The molecule has 1 aliphatic rings. The van der Waals surface area contributed by atoms with Crippen molar-refractivity contribution < 1.29 is 14.6 Å². The van der Waals surface area contributed by atoms with Gasteiger partial charge in [0.15, 0.2) is 0 Å². The number of carboxylic acids is 1. The number of carbonyl (C=O) groups is 1. The van der Waals surface area contributed by atoms with Crippen LogP contribution < -0.4 is 0 Å². The SMILES string of the molecule is COC(CCc1ccccc1)CC[C@H]1CCC[C@@H]1CC(=O)O. The van der Waals surface area contributed by atoms with Crippen molar-refractivity contribution in [3.63, 3.8) is 0 Å². The second kappa shape index (κ2) is 8.94. The van der Waals surface area contributed by atoms with Crippen molar-refractivity contribution >= 4 is 5.97 Å². The Kier molecular flexibility index (Phi) is 6.91. The fraction of sp³-hybridized carbons (Fsp3) is 0.632. The van der Waals surface area contributed by atoms with Gasteiger partial charge in [-0.1, -0.05) is 43.2 Å². The highest BCUT2D eigenvalue weighted by molar-refractivity contribution is 5.67. The van der Waals surface area contributed by atoms with Gasteiger partial charge in [-0.05, 0) is 49.5 Å². The van der Waals surface area contributed by atoms with Crippen LogP contribution in [0, 0.1) is 11.8 Å². The largest absolute Gasteiger partial charge is 0.481 e. The predicted octanol–water partition coefficient (Wildman–Crippen LogP) is 4.31. The fourth-order valence-corrected chi connectivity index (χ4v) is 3.74. The van der Waals surface area contributed by atoms with Gasteiger partial charge in [0.2, 0.25) is 0 Å². The molecule has 1 fully saturated rings. The summed E-state index contributed by atoms with van der Waals surface area (Å²) in [4.78, 5) is 10.9. The van der Waals surface area contributed by atoms with Gasteiger partial charge in [-0.3, -0.25) is 4.79 Å². The Bertz CT molecular complexity index is 443. The molecule has 1 unspecified atom stereocenters. The fourth-order valence-electron chi connectivity index (χ4n) is 3.74. The van der Waals surface area contributed by atoms with E-state index in [-0.39, 0.29) is 6.10 Å². The number of rotatable bonds is 9. The molecule has 0 saturated heterocycles. The lowest BCUT2D eigenvalue weighted by Crippen LogP contribution is -2.17. The molecule has 0 heterocycles. The molecule has 3 atom stereocenters. The third-order valence-electron chi connectivity index (χ3n) is 5.04. The number of carboxylic acid groups (broad SMARTS) is 1. The number of aliphatic carboxylic acids is 1. The first-order valence-electron chi connectivity index (χ1n) is 8.47. The zero-order chi connectivity index (χ0) is 15.8. The van der Waals surface area contributed by atoms with E-state index in [4.69, 9.17) is 9.84 Å². The van der Waals surface area contributed by atoms with Crippen molar-refractivity contribution in [1.82, 2.24) is 0 Å². The Morgan fingerprint density at radius 1 is 1.23 bits per heavy atom. The topological polar surface area (TPSA) is 46.5 Å². The summed E-state index contributed by atoms with van der Waals surface area (Å²) in [5.74, 6) is 0.305. The molecule has 1 N–H and O–H groups in total. The highest BCUT2D eigenvalue weighted by atomic mass is 16.5. The second-order valence-electron chi connectivity index (χ2n) is 6.51. The van der Waals surface area contributed by atoms with Crippen LogP contribution in [0.15, 0.2) is 30.3 Å². The summed E-state index contributed by atoms with van der Waals surface area (Å²) in [6.07, 6.45) is 8.31. The Labute approximate surface area is 133 Å².